The molecule has 0 radical (unpaired) electrons. The van der Waals surface area contributed by atoms with Gasteiger partial charge in [0.1, 0.15) is 5.75 Å². The van der Waals surface area contributed by atoms with E-state index in [4.69, 9.17) is 4.74 Å². The van der Waals surface area contributed by atoms with Crippen LogP contribution in [0.2, 0.25) is 0 Å². The number of benzene rings is 1. The average Bonchev–Trinajstić information content (AvgIpc) is 2.50. The van der Waals surface area contributed by atoms with Crippen molar-refractivity contribution in [3.8, 4) is 5.75 Å². The molecule has 0 spiro atoms. The first-order valence-corrected chi connectivity index (χ1v) is 6.43. The van der Waals surface area contributed by atoms with Gasteiger partial charge in [-0.2, -0.15) is 0 Å². The van der Waals surface area contributed by atoms with Crippen LogP contribution in [-0.2, 0) is 19.7 Å². The van der Waals surface area contributed by atoms with E-state index in [-0.39, 0.29) is 12.3 Å². The molecule has 6 heteroatoms. The van der Waals surface area contributed by atoms with Crippen molar-refractivity contribution in [3.05, 3.63) is 29.3 Å². The number of likely N-dealkylation sites (N-methyl/N-ethyl adjacent to an activating group) is 1. The highest BCUT2D eigenvalue weighted by Crippen LogP contribution is 2.39. The number of esters is 1. The van der Waals surface area contributed by atoms with E-state index in [0.717, 1.165) is 4.90 Å². The maximum absolute atomic E-state index is 12.5. The SMILES string of the molecule is COC(=O)CC1(C)C(=O)N(C)C(=O)c2ccc(OC)cc21. The molecule has 0 saturated carbocycles. The lowest BCUT2D eigenvalue weighted by Crippen LogP contribution is -2.52. The van der Waals surface area contributed by atoms with Crippen LogP contribution in [0.5, 0.6) is 5.75 Å². The fourth-order valence-electron chi connectivity index (χ4n) is 2.58. The number of fused-ring (bicyclic) bond motifs is 1. The molecule has 1 unspecified atom stereocenters. The van der Waals surface area contributed by atoms with E-state index < -0.39 is 17.3 Å². The van der Waals surface area contributed by atoms with E-state index in [9.17, 15) is 14.4 Å². The third-order valence-electron chi connectivity index (χ3n) is 3.86. The van der Waals surface area contributed by atoms with Crippen molar-refractivity contribution in [2.24, 2.45) is 0 Å². The Labute approximate surface area is 122 Å². The summed E-state index contributed by atoms with van der Waals surface area (Å²) in [6.45, 7) is 1.63. The predicted octanol–water partition coefficient (Wildman–Crippen LogP) is 1.13. The maximum atomic E-state index is 12.5. The molecule has 0 saturated heterocycles. The Balaban J connectivity index is 2.64. The van der Waals surface area contributed by atoms with Crippen LogP contribution in [0, 0.1) is 0 Å². The zero-order valence-corrected chi connectivity index (χ0v) is 12.4. The molecule has 112 valence electrons. The van der Waals surface area contributed by atoms with Crippen LogP contribution in [0.25, 0.3) is 0 Å². The van der Waals surface area contributed by atoms with Crippen LogP contribution >= 0.6 is 0 Å². The Hall–Kier alpha value is -2.37. The van der Waals surface area contributed by atoms with E-state index >= 15 is 0 Å². The molecule has 1 aliphatic heterocycles. The van der Waals surface area contributed by atoms with Gasteiger partial charge in [0, 0.05) is 12.6 Å². The van der Waals surface area contributed by atoms with Gasteiger partial charge in [-0.15, -0.1) is 0 Å². The largest absolute Gasteiger partial charge is 0.497 e. The zero-order valence-electron chi connectivity index (χ0n) is 12.4. The Morgan fingerprint density at radius 1 is 1.29 bits per heavy atom. The number of rotatable bonds is 3. The number of methoxy groups -OCH3 is 2. The minimum Gasteiger partial charge on any atom is -0.497 e. The topological polar surface area (TPSA) is 72.9 Å². The Morgan fingerprint density at radius 3 is 2.52 bits per heavy atom. The quantitative estimate of drug-likeness (QED) is 0.616. The molecule has 21 heavy (non-hydrogen) atoms. The van der Waals surface area contributed by atoms with E-state index in [1.54, 1.807) is 25.1 Å². The normalized spacial score (nSPS) is 21.0. The van der Waals surface area contributed by atoms with Crippen LogP contribution in [0.4, 0.5) is 0 Å². The van der Waals surface area contributed by atoms with Crippen LogP contribution in [0.1, 0.15) is 29.3 Å². The summed E-state index contributed by atoms with van der Waals surface area (Å²) in [5, 5.41) is 0. The van der Waals surface area contributed by atoms with Crippen molar-refractivity contribution >= 4 is 17.8 Å². The smallest absolute Gasteiger partial charge is 0.306 e. The molecule has 0 fully saturated rings. The minimum absolute atomic E-state index is 0.139. The van der Waals surface area contributed by atoms with Crippen molar-refractivity contribution in [2.45, 2.75) is 18.8 Å². The Bertz CT molecular complexity index is 624. The Kier molecular flexibility index (Phi) is 3.72. The molecular formula is C15H17NO5. The summed E-state index contributed by atoms with van der Waals surface area (Å²) in [6.07, 6.45) is -0.139. The Morgan fingerprint density at radius 2 is 1.95 bits per heavy atom. The van der Waals surface area contributed by atoms with Gasteiger partial charge in [0.2, 0.25) is 5.91 Å². The van der Waals surface area contributed by atoms with Crippen molar-refractivity contribution in [1.29, 1.82) is 0 Å². The van der Waals surface area contributed by atoms with Gasteiger partial charge in [0.15, 0.2) is 0 Å². The van der Waals surface area contributed by atoms with Gasteiger partial charge < -0.3 is 9.47 Å². The first-order valence-electron chi connectivity index (χ1n) is 6.43. The molecule has 1 heterocycles. The summed E-state index contributed by atoms with van der Waals surface area (Å²) >= 11 is 0. The molecule has 0 aliphatic carbocycles. The standard InChI is InChI=1S/C15H17NO5/c1-15(8-12(17)21-4)11-7-9(20-3)5-6-10(11)13(18)16(2)14(15)19/h5-7H,8H2,1-4H3. The fourth-order valence-corrected chi connectivity index (χ4v) is 2.58. The molecule has 6 nitrogen and oxygen atoms in total. The first kappa shape index (κ1) is 15.0. The van der Waals surface area contributed by atoms with Crippen LogP contribution in [0.15, 0.2) is 18.2 Å². The van der Waals surface area contributed by atoms with E-state index in [0.29, 0.717) is 16.9 Å². The average molecular weight is 291 g/mol. The van der Waals surface area contributed by atoms with Gasteiger partial charge in [-0.05, 0) is 30.7 Å². The number of ether oxygens (including phenoxy) is 2. The number of carbonyl (C=O) groups excluding carboxylic acids is 3. The van der Waals surface area contributed by atoms with Crippen molar-refractivity contribution in [2.75, 3.05) is 21.3 Å². The maximum Gasteiger partial charge on any atom is 0.306 e. The number of amides is 2. The molecule has 1 atom stereocenters. The van der Waals surface area contributed by atoms with Crippen LogP contribution in [-0.4, -0.2) is 44.0 Å². The second-order valence-corrected chi connectivity index (χ2v) is 5.17. The summed E-state index contributed by atoms with van der Waals surface area (Å²) in [7, 11) is 4.17. The third kappa shape index (κ3) is 2.26. The summed E-state index contributed by atoms with van der Waals surface area (Å²) in [4.78, 5) is 37.5. The van der Waals surface area contributed by atoms with Gasteiger partial charge >= 0.3 is 5.97 Å². The first-order chi connectivity index (χ1) is 9.85. The van der Waals surface area contributed by atoms with Gasteiger partial charge in [-0.1, -0.05) is 0 Å². The number of imide groups is 1. The fraction of sp³-hybridized carbons (Fsp3) is 0.400. The van der Waals surface area contributed by atoms with Gasteiger partial charge in [-0.3, -0.25) is 19.3 Å². The van der Waals surface area contributed by atoms with E-state index in [1.165, 1.54) is 21.3 Å². The van der Waals surface area contributed by atoms with E-state index in [2.05, 4.69) is 4.74 Å². The van der Waals surface area contributed by atoms with Crippen LogP contribution in [0.3, 0.4) is 0 Å². The molecular weight excluding hydrogens is 274 g/mol. The summed E-state index contributed by atoms with van der Waals surface area (Å²) in [5.41, 5.74) is -0.274. The summed E-state index contributed by atoms with van der Waals surface area (Å²) in [5.74, 6) is -0.809. The summed E-state index contributed by atoms with van der Waals surface area (Å²) < 4.78 is 9.82. The lowest BCUT2D eigenvalue weighted by Gasteiger charge is -2.37. The van der Waals surface area contributed by atoms with Crippen molar-refractivity contribution < 1.29 is 23.9 Å². The van der Waals surface area contributed by atoms with Gasteiger partial charge in [-0.25, -0.2) is 0 Å². The van der Waals surface area contributed by atoms with E-state index in [1.807, 2.05) is 0 Å². The summed E-state index contributed by atoms with van der Waals surface area (Å²) in [6, 6.07) is 4.88. The molecule has 1 aromatic carbocycles. The lowest BCUT2D eigenvalue weighted by atomic mass is 9.73. The number of hydrogen-bond acceptors (Lipinski definition) is 5. The lowest BCUT2D eigenvalue weighted by molar-refractivity contribution is -0.147. The van der Waals surface area contributed by atoms with Gasteiger partial charge in [0.25, 0.3) is 5.91 Å². The number of nitrogens with zero attached hydrogens (tertiary/aromatic N) is 1. The molecule has 0 N–H and O–H groups in total. The third-order valence-corrected chi connectivity index (χ3v) is 3.86. The molecule has 0 aromatic heterocycles. The molecule has 2 rings (SSSR count). The second kappa shape index (κ2) is 5.20. The molecule has 2 amide bonds. The van der Waals surface area contributed by atoms with Crippen molar-refractivity contribution in [1.82, 2.24) is 4.90 Å². The molecule has 1 aliphatic rings. The van der Waals surface area contributed by atoms with Crippen molar-refractivity contribution in [3.63, 3.8) is 0 Å². The minimum atomic E-state index is -1.15. The molecule has 0 bridgehead atoms. The zero-order chi connectivity index (χ0) is 15.8. The number of hydrogen-bond donors (Lipinski definition) is 0. The monoisotopic (exact) mass is 291 g/mol. The predicted molar refractivity (Wildman–Crippen MR) is 74.1 cm³/mol. The van der Waals surface area contributed by atoms with Crippen LogP contribution < -0.4 is 4.74 Å². The molecule has 1 aromatic rings. The highest BCUT2D eigenvalue weighted by Gasteiger charge is 2.47. The number of carbonyl (C=O) groups is 3. The highest BCUT2D eigenvalue weighted by molar-refractivity contribution is 6.13. The van der Waals surface area contributed by atoms with Gasteiger partial charge in [0.05, 0.1) is 26.1 Å². The second-order valence-electron chi connectivity index (χ2n) is 5.17. The highest BCUT2D eigenvalue weighted by atomic mass is 16.5.